The molecule has 50 heavy (non-hydrogen) atoms. The van der Waals surface area contributed by atoms with Crippen molar-refractivity contribution < 1.29 is 0 Å². The molecular formula is C38H90N12. The Kier molecular flexibility index (Phi) is 40.9. The Bertz CT molecular complexity index is 621. The van der Waals surface area contributed by atoms with Crippen LogP contribution in [0.2, 0.25) is 0 Å². The van der Waals surface area contributed by atoms with Gasteiger partial charge in [-0.3, -0.25) is 14.7 Å². The van der Waals surface area contributed by atoms with Gasteiger partial charge < -0.3 is 49.5 Å². The molecule has 0 aromatic rings. The predicted octanol–water partition coefficient (Wildman–Crippen LogP) is 1.24. The van der Waals surface area contributed by atoms with Crippen LogP contribution < -0.4 is 44.6 Å². The lowest BCUT2D eigenvalue weighted by molar-refractivity contribution is 0.175. The Morgan fingerprint density at radius 1 is 0.280 bits per heavy atom. The van der Waals surface area contributed by atoms with E-state index < -0.39 is 0 Å². The van der Waals surface area contributed by atoms with E-state index in [2.05, 4.69) is 42.5 Å². The van der Waals surface area contributed by atoms with Crippen LogP contribution >= 0.6 is 0 Å². The monoisotopic (exact) mass is 715 g/mol. The van der Waals surface area contributed by atoms with Crippen molar-refractivity contribution in [3.05, 3.63) is 0 Å². The maximum Gasteiger partial charge on any atom is 0.0110 e. The maximum atomic E-state index is 5.91. The third kappa shape index (κ3) is 34.6. The van der Waals surface area contributed by atoms with Gasteiger partial charge in [-0.05, 0) is 38.9 Å². The summed E-state index contributed by atoms with van der Waals surface area (Å²) >= 11 is 0. The highest BCUT2D eigenvalue weighted by molar-refractivity contribution is 4.70. The van der Waals surface area contributed by atoms with Crippen molar-refractivity contribution in [3.63, 3.8) is 0 Å². The molecule has 0 heterocycles. The van der Waals surface area contributed by atoms with E-state index in [0.29, 0.717) is 32.7 Å². The minimum absolute atomic E-state index is 0.680. The summed E-state index contributed by atoms with van der Waals surface area (Å²) in [6.45, 7) is 24.0. The molecule has 0 bridgehead atoms. The third-order valence-corrected chi connectivity index (χ3v) is 9.67. The number of rotatable bonds is 43. The second-order valence-corrected chi connectivity index (χ2v) is 14.2. The molecule has 0 amide bonds. The Morgan fingerprint density at radius 3 is 1.00 bits per heavy atom. The van der Waals surface area contributed by atoms with E-state index in [9.17, 15) is 0 Å². The lowest BCUT2D eigenvalue weighted by Gasteiger charge is -2.30. The van der Waals surface area contributed by atoms with Crippen LogP contribution in [0.4, 0.5) is 0 Å². The van der Waals surface area contributed by atoms with Crippen molar-refractivity contribution in [2.45, 2.75) is 96.8 Å². The molecule has 0 radical (unpaired) electrons. The van der Waals surface area contributed by atoms with Crippen molar-refractivity contribution in [1.82, 2.24) is 35.6 Å². The Balaban J connectivity index is 4.61. The number of nitrogens with two attached hydrogens (primary N) is 5. The summed E-state index contributed by atoms with van der Waals surface area (Å²) in [5, 5.41) is 10.9. The van der Waals surface area contributed by atoms with Crippen molar-refractivity contribution in [1.29, 1.82) is 0 Å². The van der Waals surface area contributed by atoms with Crippen molar-refractivity contribution in [2.24, 2.45) is 28.7 Å². The van der Waals surface area contributed by atoms with Gasteiger partial charge in [0.2, 0.25) is 0 Å². The molecule has 0 atom stereocenters. The normalized spacial score (nSPS) is 12.1. The zero-order valence-electron chi connectivity index (χ0n) is 33.3. The molecule has 12 nitrogen and oxygen atoms in total. The van der Waals surface area contributed by atoms with Gasteiger partial charge in [0.25, 0.3) is 0 Å². The molecule has 0 saturated heterocycles. The van der Waals surface area contributed by atoms with Crippen molar-refractivity contribution in [3.8, 4) is 0 Å². The number of nitrogens with one attached hydrogen (secondary N) is 3. The summed E-state index contributed by atoms with van der Waals surface area (Å²) < 4.78 is 0. The van der Waals surface area contributed by atoms with Gasteiger partial charge in [0.1, 0.15) is 0 Å². The molecule has 302 valence electrons. The first-order chi connectivity index (χ1) is 24.6. The number of hydrogen-bond donors (Lipinski definition) is 8. The summed E-state index contributed by atoms with van der Waals surface area (Å²) in [7, 11) is 0. The van der Waals surface area contributed by atoms with Crippen LogP contribution in [-0.2, 0) is 0 Å². The number of unbranched alkanes of at least 4 members (excludes halogenated alkanes) is 12. The first kappa shape index (κ1) is 49.5. The van der Waals surface area contributed by atoms with E-state index >= 15 is 0 Å². The zero-order valence-corrected chi connectivity index (χ0v) is 33.3. The molecule has 0 aromatic carbocycles. The molecular weight excluding hydrogens is 625 g/mol. The molecule has 0 aromatic heterocycles. The summed E-state index contributed by atoms with van der Waals surface area (Å²) in [5.74, 6) is 0. The fourth-order valence-corrected chi connectivity index (χ4v) is 6.50. The van der Waals surface area contributed by atoms with Crippen LogP contribution in [0.15, 0.2) is 0 Å². The molecule has 0 fully saturated rings. The topological polar surface area (TPSA) is 179 Å². The van der Waals surface area contributed by atoms with E-state index in [4.69, 9.17) is 28.7 Å². The minimum atomic E-state index is 0.680. The first-order valence-corrected chi connectivity index (χ1v) is 21.2. The second-order valence-electron chi connectivity index (χ2n) is 14.2. The van der Waals surface area contributed by atoms with Gasteiger partial charge in [-0.25, -0.2) is 0 Å². The summed E-state index contributed by atoms with van der Waals surface area (Å²) in [4.78, 5) is 10.1. The average molecular weight is 715 g/mol. The number of hydrogen-bond acceptors (Lipinski definition) is 12. The van der Waals surface area contributed by atoms with E-state index in [1.807, 2.05) is 0 Å². The quantitative estimate of drug-likeness (QED) is 0.0425. The lowest BCUT2D eigenvalue weighted by atomic mass is 10.1. The Hall–Kier alpha value is -0.480. The molecule has 0 rings (SSSR count). The van der Waals surface area contributed by atoms with Gasteiger partial charge in [-0.15, -0.1) is 0 Å². The van der Waals surface area contributed by atoms with Crippen LogP contribution in [0.25, 0.3) is 0 Å². The smallest absolute Gasteiger partial charge is 0.0110 e. The highest BCUT2D eigenvalue weighted by Crippen LogP contribution is 2.11. The first-order valence-electron chi connectivity index (χ1n) is 21.2. The lowest BCUT2D eigenvalue weighted by Crippen LogP contribution is -2.44. The van der Waals surface area contributed by atoms with E-state index in [1.54, 1.807) is 0 Å². The predicted molar refractivity (Wildman–Crippen MR) is 220 cm³/mol. The highest BCUT2D eigenvalue weighted by Gasteiger charge is 2.12. The van der Waals surface area contributed by atoms with Crippen LogP contribution in [0, 0.1) is 0 Å². The van der Waals surface area contributed by atoms with E-state index in [-0.39, 0.29) is 0 Å². The largest absolute Gasteiger partial charge is 0.329 e. The Morgan fingerprint density at radius 2 is 0.600 bits per heavy atom. The molecule has 0 saturated carbocycles. The van der Waals surface area contributed by atoms with E-state index in [0.717, 1.165) is 118 Å². The van der Waals surface area contributed by atoms with Crippen LogP contribution in [0.3, 0.4) is 0 Å². The molecule has 0 spiro atoms. The SMILES string of the molecule is CCCCCCCCCCCCCNCCN(CCNCCN)CCN(CCCCCNCCN(CCN)CCN)CCN(CCN)CCN. The van der Waals surface area contributed by atoms with Gasteiger partial charge in [0, 0.05) is 131 Å². The fraction of sp³-hybridized carbons (Fsp3) is 1.00. The van der Waals surface area contributed by atoms with E-state index in [1.165, 1.54) is 89.9 Å². The minimum Gasteiger partial charge on any atom is -0.329 e. The maximum absolute atomic E-state index is 5.91. The molecule has 0 aliphatic heterocycles. The Labute approximate surface area is 311 Å². The number of nitrogens with zero attached hydrogens (tertiary/aromatic N) is 4. The third-order valence-electron chi connectivity index (χ3n) is 9.67. The molecule has 0 aliphatic rings. The van der Waals surface area contributed by atoms with Crippen LogP contribution in [0.5, 0.6) is 0 Å². The second kappa shape index (κ2) is 41.3. The molecule has 0 aliphatic carbocycles. The summed E-state index contributed by atoms with van der Waals surface area (Å²) in [6, 6.07) is 0. The van der Waals surface area contributed by atoms with Crippen molar-refractivity contribution in [2.75, 3.05) is 151 Å². The van der Waals surface area contributed by atoms with Crippen LogP contribution in [0.1, 0.15) is 96.8 Å². The van der Waals surface area contributed by atoms with Crippen molar-refractivity contribution >= 4 is 0 Å². The molecule has 0 unspecified atom stereocenters. The zero-order chi connectivity index (χ0) is 36.6. The highest BCUT2D eigenvalue weighted by atomic mass is 15.2. The van der Waals surface area contributed by atoms with Gasteiger partial charge >= 0.3 is 0 Å². The summed E-state index contributed by atoms with van der Waals surface area (Å²) in [5.41, 5.74) is 29.0. The standard InChI is InChI=1S/C38H90N12/c1-2-3-4-5-6-7-8-9-10-11-13-21-44-25-33-50(34-26-46-23-16-39)38-36-47(35-37-49(30-19-42)31-20-43)27-15-12-14-22-45-24-32-48(28-17-40)29-18-41/h44-46H,2-43H2,1H3. The molecule has 12 heteroatoms. The average Bonchev–Trinajstić information content (AvgIpc) is 3.11. The van der Waals surface area contributed by atoms with Gasteiger partial charge in [0.15, 0.2) is 0 Å². The van der Waals surface area contributed by atoms with Gasteiger partial charge in [-0.2, -0.15) is 0 Å². The summed E-state index contributed by atoms with van der Waals surface area (Å²) in [6.07, 6.45) is 19.0. The van der Waals surface area contributed by atoms with Gasteiger partial charge in [0.05, 0.1) is 0 Å². The fourth-order valence-electron chi connectivity index (χ4n) is 6.50. The van der Waals surface area contributed by atoms with Crippen LogP contribution in [-0.4, -0.2) is 170 Å². The molecule has 13 N–H and O–H groups in total. The van der Waals surface area contributed by atoms with Gasteiger partial charge in [-0.1, -0.05) is 77.6 Å².